The molecule has 2 rings (SSSR count). The molecule has 0 heterocycles. The molecular weight excluding hydrogens is 226 g/mol. The first-order valence-corrected chi connectivity index (χ1v) is 5.70. The summed E-state index contributed by atoms with van der Waals surface area (Å²) < 4.78 is 0. The Labute approximate surface area is 106 Å². The van der Waals surface area contributed by atoms with Gasteiger partial charge in [0, 0.05) is 12.1 Å². The molecule has 90 valence electrons. The van der Waals surface area contributed by atoms with Gasteiger partial charge in [-0.15, -0.1) is 0 Å². The number of benzene rings is 2. The molecule has 2 aromatic carbocycles. The second-order valence-corrected chi connectivity index (χ2v) is 3.94. The Morgan fingerprint density at radius 2 is 1.67 bits per heavy atom. The van der Waals surface area contributed by atoms with Crippen LogP contribution in [-0.4, -0.2) is 4.92 Å². The first-order valence-electron chi connectivity index (χ1n) is 5.70. The molecule has 0 amide bonds. The van der Waals surface area contributed by atoms with E-state index in [1.807, 2.05) is 36.4 Å². The van der Waals surface area contributed by atoms with Gasteiger partial charge in [-0.3, -0.25) is 10.1 Å². The lowest BCUT2D eigenvalue weighted by Gasteiger charge is -1.96. The molecule has 0 saturated carbocycles. The Bertz CT molecular complexity index is 544. The molecule has 0 spiro atoms. The lowest BCUT2D eigenvalue weighted by molar-refractivity contribution is -0.384. The van der Waals surface area contributed by atoms with Gasteiger partial charge in [0.15, 0.2) is 0 Å². The van der Waals surface area contributed by atoms with Crippen LogP contribution in [0.25, 0.3) is 6.08 Å². The van der Waals surface area contributed by atoms with Crippen LogP contribution in [0.15, 0.2) is 60.7 Å². The third-order valence-electron chi connectivity index (χ3n) is 2.61. The van der Waals surface area contributed by atoms with E-state index in [4.69, 9.17) is 0 Å². The second-order valence-electron chi connectivity index (χ2n) is 3.94. The first-order chi connectivity index (χ1) is 8.75. The highest BCUT2D eigenvalue weighted by Crippen LogP contribution is 2.13. The summed E-state index contributed by atoms with van der Waals surface area (Å²) in [6.07, 6.45) is 4.87. The van der Waals surface area contributed by atoms with Crippen LogP contribution >= 0.6 is 0 Å². The van der Waals surface area contributed by atoms with E-state index >= 15 is 0 Å². The topological polar surface area (TPSA) is 43.1 Å². The van der Waals surface area contributed by atoms with Crippen LogP contribution in [0.4, 0.5) is 5.69 Å². The van der Waals surface area contributed by atoms with Gasteiger partial charge in [0.2, 0.25) is 0 Å². The predicted molar refractivity (Wildman–Crippen MR) is 72.3 cm³/mol. The van der Waals surface area contributed by atoms with E-state index in [1.54, 1.807) is 12.1 Å². The number of non-ortho nitro benzene ring substituents is 1. The summed E-state index contributed by atoms with van der Waals surface area (Å²) in [4.78, 5) is 10.1. The van der Waals surface area contributed by atoms with Crippen molar-refractivity contribution in [2.75, 3.05) is 0 Å². The Morgan fingerprint density at radius 3 is 2.28 bits per heavy atom. The van der Waals surface area contributed by atoms with Crippen molar-refractivity contribution < 1.29 is 4.92 Å². The highest BCUT2D eigenvalue weighted by Gasteiger charge is 2.02. The van der Waals surface area contributed by atoms with Gasteiger partial charge in [0.05, 0.1) is 4.92 Å². The molecule has 18 heavy (non-hydrogen) atoms. The lowest BCUT2D eigenvalue weighted by Crippen LogP contribution is -1.88. The minimum Gasteiger partial charge on any atom is -0.258 e. The van der Waals surface area contributed by atoms with E-state index in [-0.39, 0.29) is 10.6 Å². The van der Waals surface area contributed by atoms with Crippen LogP contribution in [0.2, 0.25) is 0 Å². The van der Waals surface area contributed by atoms with Gasteiger partial charge in [-0.05, 0) is 17.5 Å². The van der Waals surface area contributed by atoms with Gasteiger partial charge >= 0.3 is 0 Å². The Kier molecular flexibility index (Phi) is 3.86. The molecule has 3 heteroatoms. The quantitative estimate of drug-likeness (QED) is 0.600. The number of rotatable bonds is 4. The first kappa shape index (κ1) is 12.0. The fraction of sp³-hybridized carbons (Fsp3) is 0.0667. The van der Waals surface area contributed by atoms with Crippen molar-refractivity contribution in [2.45, 2.75) is 6.42 Å². The summed E-state index contributed by atoms with van der Waals surface area (Å²) in [5, 5.41) is 10.5. The largest absolute Gasteiger partial charge is 0.269 e. The van der Waals surface area contributed by atoms with E-state index in [2.05, 4.69) is 6.08 Å². The van der Waals surface area contributed by atoms with E-state index in [0.29, 0.717) is 0 Å². The number of nitro groups is 1. The van der Waals surface area contributed by atoms with Crippen molar-refractivity contribution in [1.29, 1.82) is 0 Å². The number of nitrogens with zero attached hydrogens (tertiary/aromatic N) is 1. The van der Waals surface area contributed by atoms with Crippen molar-refractivity contribution >= 4 is 11.8 Å². The SMILES string of the molecule is O=[N+]([O-])c1ccc(C/C=C/c2ccccc2)cc1. The van der Waals surface area contributed by atoms with Crippen LogP contribution in [0.1, 0.15) is 11.1 Å². The molecule has 2 aromatic rings. The minimum atomic E-state index is -0.385. The summed E-state index contributed by atoms with van der Waals surface area (Å²) in [6, 6.07) is 16.7. The maximum Gasteiger partial charge on any atom is 0.269 e. The number of nitro benzene ring substituents is 1. The van der Waals surface area contributed by atoms with Gasteiger partial charge in [-0.1, -0.05) is 54.6 Å². The summed E-state index contributed by atoms with van der Waals surface area (Å²) in [6.45, 7) is 0. The smallest absolute Gasteiger partial charge is 0.258 e. The molecule has 0 atom stereocenters. The van der Waals surface area contributed by atoms with Crippen LogP contribution in [0, 0.1) is 10.1 Å². The lowest BCUT2D eigenvalue weighted by atomic mass is 10.1. The molecule has 0 aliphatic heterocycles. The molecule has 0 aliphatic carbocycles. The van der Waals surface area contributed by atoms with Crippen LogP contribution in [0.3, 0.4) is 0 Å². The molecule has 0 N–H and O–H groups in total. The van der Waals surface area contributed by atoms with Crippen LogP contribution < -0.4 is 0 Å². The number of hydrogen-bond acceptors (Lipinski definition) is 2. The summed E-state index contributed by atoms with van der Waals surface area (Å²) in [5.41, 5.74) is 2.35. The van der Waals surface area contributed by atoms with Crippen LogP contribution in [0.5, 0.6) is 0 Å². The van der Waals surface area contributed by atoms with Crippen molar-refractivity contribution in [3.05, 3.63) is 81.9 Å². The molecule has 0 saturated heterocycles. The van der Waals surface area contributed by atoms with Crippen molar-refractivity contribution in [3.8, 4) is 0 Å². The van der Waals surface area contributed by atoms with Crippen molar-refractivity contribution in [3.63, 3.8) is 0 Å². The fourth-order valence-corrected chi connectivity index (χ4v) is 1.65. The Morgan fingerprint density at radius 1 is 1.00 bits per heavy atom. The zero-order chi connectivity index (χ0) is 12.8. The average Bonchev–Trinajstić information content (AvgIpc) is 2.40. The summed E-state index contributed by atoms with van der Waals surface area (Å²) in [7, 11) is 0. The molecule has 0 radical (unpaired) electrons. The highest BCUT2D eigenvalue weighted by molar-refractivity contribution is 5.49. The number of allylic oxidation sites excluding steroid dienone is 1. The minimum absolute atomic E-state index is 0.130. The van der Waals surface area contributed by atoms with Gasteiger partial charge in [0.1, 0.15) is 0 Å². The maximum absolute atomic E-state index is 10.5. The molecule has 0 fully saturated rings. The average molecular weight is 239 g/mol. The van der Waals surface area contributed by atoms with Crippen molar-refractivity contribution in [1.82, 2.24) is 0 Å². The fourth-order valence-electron chi connectivity index (χ4n) is 1.65. The number of hydrogen-bond donors (Lipinski definition) is 0. The van der Waals surface area contributed by atoms with Crippen LogP contribution in [-0.2, 0) is 6.42 Å². The Balaban J connectivity index is 1.98. The molecule has 0 unspecified atom stereocenters. The molecule has 0 aromatic heterocycles. The summed E-state index contributed by atoms with van der Waals surface area (Å²) >= 11 is 0. The zero-order valence-electron chi connectivity index (χ0n) is 9.82. The third-order valence-corrected chi connectivity index (χ3v) is 2.61. The third kappa shape index (κ3) is 3.28. The van der Waals surface area contributed by atoms with E-state index < -0.39 is 0 Å². The molecule has 0 bridgehead atoms. The zero-order valence-corrected chi connectivity index (χ0v) is 9.82. The standard InChI is InChI=1S/C15H13NO2/c17-16(18)15-11-9-14(10-12-15)8-4-7-13-5-2-1-3-6-13/h1-7,9-12H,8H2/b7-4+. The summed E-state index contributed by atoms with van der Waals surface area (Å²) in [5.74, 6) is 0. The molecule has 3 nitrogen and oxygen atoms in total. The van der Waals surface area contributed by atoms with E-state index in [9.17, 15) is 10.1 Å². The van der Waals surface area contributed by atoms with Gasteiger partial charge in [-0.2, -0.15) is 0 Å². The monoisotopic (exact) mass is 239 g/mol. The predicted octanol–water partition coefficient (Wildman–Crippen LogP) is 3.85. The molecule has 0 aliphatic rings. The maximum atomic E-state index is 10.5. The van der Waals surface area contributed by atoms with E-state index in [0.717, 1.165) is 17.5 Å². The highest BCUT2D eigenvalue weighted by atomic mass is 16.6. The van der Waals surface area contributed by atoms with Crippen molar-refractivity contribution in [2.24, 2.45) is 0 Å². The van der Waals surface area contributed by atoms with Gasteiger partial charge < -0.3 is 0 Å². The second kappa shape index (κ2) is 5.77. The van der Waals surface area contributed by atoms with Gasteiger partial charge in [0.25, 0.3) is 5.69 Å². The Hall–Kier alpha value is -2.42. The normalized spacial score (nSPS) is 10.7. The van der Waals surface area contributed by atoms with Gasteiger partial charge in [-0.25, -0.2) is 0 Å². The molecular formula is C15H13NO2. The van der Waals surface area contributed by atoms with E-state index in [1.165, 1.54) is 12.1 Å².